The summed E-state index contributed by atoms with van der Waals surface area (Å²) in [6, 6.07) is 13.7. The first-order chi connectivity index (χ1) is 10.7. The average Bonchev–Trinajstić information content (AvgIpc) is 2.92. The lowest BCUT2D eigenvalue weighted by Crippen LogP contribution is -2.23. The highest BCUT2D eigenvalue weighted by Gasteiger charge is 2.20. The number of carbonyl (C=O) groups is 1. The Bertz CT molecular complexity index is 699. The molecule has 0 aliphatic carbocycles. The second-order valence-electron chi connectivity index (χ2n) is 5.46. The van der Waals surface area contributed by atoms with Gasteiger partial charge in [0.25, 0.3) is 0 Å². The second kappa shape index (κ2) is 6.41. The predicted octanol–water partition coefficient (Wildman–Crippen LogP) is 4.14. The van der Waals surface area contributed by atoms with Gasteiger partial charge in [-0.2, -0.15) is 0 Å². The fourth-order valence-electron chi connectivity index (χ4n) is 2.83. The molecule has 0 bridgehead atoms. The van der Waals surface area contributed by atoms with Crippen LogP contribution in [0.15, 0.2) is 42.5 Å². The van der Waals surface area contributed by atoms with Crippen LogP contribution in [-0.4, -0.2) is 24.5 Å². The van der Waals surface area contributed by atoms with Crippen LogP contribution in [0.5, 0.6) is 5.75 Å². The SMILES string of the molecule is COc1ccc(CN2CCCC2=O)cc1-c1cccc(Cl)c1. The molecule has 1 aliphatic rings. The van der Waals surface area contributed by atoms with E-state index in [4.69, 9.17) is 16.3 Å². The van der Waals surface area contributed by atoms with Gasteiger partial charge in [-0.25, -0.2) is 0 Å². The third-order valence-corrected chi connectivity index (χ3v) is 4.18. The van der Waals surface area contributed by atoms with Gasteiger partial charge >= 0.3 is 0 Å². The minimum absolute atomic E-state index is 0.236. The Morgan fingerprint density at radius 2 is 2.09 bits per heavy atom. The summed E-state index contributed by atoms with van der Waals surface area (Å²) in [6.07, 6.45) is 1.62. The minimum Gasteiger partial charge on any atom is -0.496 e. The Morgan fingerprint density at radius 3 is 2.77 bits per heavy atom. The van der Waals surface area contributed by atoms with Gasteiger partial charge in [0.1, 0.15) is 5.75 Å². The highest BCUT2D eigenvalue weighted by atomic mass is 35.5. The van der Waals surface area contributed by atoms with Gasteiger partial charge in [0.2, 0.25) is 5.91 Å². The molecule has 1 amide bonds. The topological polar surface area (TPSA) is 29.5 Å². The number of hydrogen-bond acceptors (Lipinski definition) is 2. The van der Waals surface area contributed by atoms with Gasteiger partial charge < -0.3 is 9.64 Å². The van der Waals surface area contributed by atoms with Gasteiger partial charge in [-0.3, -0.25) is 4.79 Å². The first-order valence-electron chi connectivity index (χ1n) is 7.38. The summed E-state index contributed by atoms with van der Waals surface area (Å²) in [4.78, 5) is 13.7. The lowest BCUT2D eigenvalue weighted by atomic mass is 10.0. The second-order valence-corrected chi connectivity index (χ2v) is 5.90. The van der Waals surface area contributed by atoms with Crippen molar-refractivity contribution < 1.29 is 9.53 Å². The summed E-state index contributed by atoms with van der Waals surface area (Å²) in [7, 11) is 1.66. The van der Waals surface area contributed by atoms with E-state index in [0.717, 1.165) is 35.4 Å². The summed E-state index contributed by atoms with van der Waals surface area (Å²) in [6.45, 7) is 1.49. The fourth-order valence-corrected chi connectivity index (χ4v) is 3.02. The lowest BCUT2D eigenvalue weighted by molar-refractivity contribution is -0.128. The Hall–Kier alpha value is -2.00. The molecule has 114 valence electrons. The molecule has 1 saturated heterocycles. The zero-order valence-corrected chi connectivity index (χ0v) is 13.3. The van der Waals surface area contributed by atoms with Crippen molar-refractivity contribution in [2.45, 2.75) is 19.4 Å². The molecule has 1 aliphatic heterocycles. The zero-order chi connectivity index (χ0) is 15.5. The first kappa shape index (κ1) is 14.9. The van der Waals surface area contributed by atoms with E-state index >= 15 is 0 Å². The van der Waals surface area contributed by atoms with Crippen molar-refractivity contribution in [2.75, 3.05) is 13.7 Å². The molecule has 0 N–H and O–H groups in total. The number of nitrogens with zero attached hydrogens (tertiary/aromatic N) is 1. The van der Waals surface area contributed by atoms with E-state index in [9.17, 15) is 4.79 Å². The molecule has 0 atom stereocenters. The van der Waals surface area contributed by atoms with Crippen LogP contribution in [0, 0.1) is 0 Å². The van der Waals surface area contributed by atoms with Crippen LogP contribution in [0.2, 0.25) is 5.02 Å². The van der Waals surface area contributed by atoms with Crippen molar-refractivity contribution in [3.63, 3.8) is 0 Å². The monoisotopic (exact) mass is 315 g/mol. The molecule has 2 aromatic carbocycles. The highest BCUT2D eigenvalue weighted by Crippen LogP contribution is 2.32. The third-order valence-electron chi connectivity index (χ3n) is 3.94. The van der Waals surface area contributed by atoms with Crippen LogP contribution in [0.1, 0.15) is 18.4 Å². The predicted molar refractivity (Wildman–Crippen MR) is 88.1 cm³/mol. The van der Waals surface area contributed by atoms with Crippen molar-refractivity contribution in [1.29, 1.82) is 0 Å². The van der Waals surface area contributed by atoms with E-state index in [0.29, 0.717) is 18.0 Å². The molecule has 3 rings (SSSR count). The van der Waals surface area contributed by atoms with Gasteiger partial charge in [0.05, 0.1) is 7.11 Å². The van der Waals surface area contributed by atoms with E-state index in [2.05, 4.69) is 6.07 Å². The molecular weight excluding hydrogens is 298 g/mol. The number of amides is 1. The molecule has 4 heteroatoms. The molecule has 0 saturated carbocycles. The van der Waals surface area contributed by atoms with Gasteiger partial charge in [0, 0.05) is 30.1 Å². The molecule has 2 aromatic rings. The van der Waals surface area contributed by atoms with Crippen LogP contribution in [-0.2, 0) is 11.3 Å². The maximum atomic E-state index is 11.8. The van der Waals surface area contributed by atoms with E-state index < -0.39 is 0 Å². The Morgan fingerprint density at radius 1 is 1.23 bits per heavy atom. The fraction of sp³-hybridized carbons (Fsp3) is 0.278. The van der Waals surface area contributed by atoms with Crippen molar-refractivity contribution >= 4 is 17.5 Å². The molecule has 1 heterocycles. The number of rotatable bonds is 4. The maximum Gasteiger partial charge on any atom is 0.222 e. The van der Waals surface area contributed by atoms with E-state index in [1.165, 1.54) is 0 Å². The van der Waals surface area contributed by atoms with Gasteiger partial charge in [0.15, 0.2) is 0 Å². The van der Waals surface area contributed by atoms with E-state index in [1.54, 1.807) is 7.11 Å². The molecule has 3 nitrogen and oxygen atoms in total. The Labute approximate surface area is 135 Å². The molecule has 1 fully saturated rings. The van der Waals surface area contributed by atoms with Crippen molar-refractivity contribution in [3.8, 4) is 16.9 Å². The van der Waals surface area contributed by atoms with Gasteiger partial charge in [-0.1, -0.05) is 29.8 Å². The van der Waals surface area contributed by atoms with Gasteiger partial charge in [-0.15, -0.1) is 0 Å². The molecular formula is C18H18ClNO2. The molecule has 0 spiro atoms. The Kier molecular flexibility index (Phi) is 4.34. The highest BCUT2D eigenvalue weighted by molar-refractivity contribution is 6.30. The summed E-state index contributed by atoms with van der Waals surface area (Å²) < 4.78 is 5.46. The quantitative estimate of drug-likeness (QED) is 0.848. The van der Waals surface area contributed by atoms with E-state index in [1.807, 2.05) is 41.3 Å². The summed E-state index contributed by atoms with van der Waals surface area (Å²) >= 11 is 6.09. The van der Waals surface area contributed by atoms with Crippen LogP contribution in [0.3, 0.4) is 0 Å². The average molecular weight is 316 g/mol. The maximum absolute atomic E-state index is 11.8. The number of halogens is 1. The lowest BCUT2D eigenvalue weighted by Gasteiger charge is -2.17. The van der Waals surface area contributed by atoms with Crippen molar-refractivity contribution in [1.82, 2.24) is 4.90 Å². The van der Waals surface area contributed by atoms with Crippen LogP contribution >= 0.6 is 11.6 Å². The Balaban J connectivity index is 1.94. The molecule has 0 aromatic heterocycles. The van der Waals surface area contributed by atoms with Gasteiger partial charge in [-0.05, 0) is 41.8 Å². The number of carbonyl (C=O) groups excluding carboxylic acids is 1. The summed E-state index contributed by atoms with van der Waals surface area (Å²) in [5, 5.41) is 0.694. The smallest absolute Gasteiger partial charge is 0.222 e. The number of ether oxygens (including phenoxy) is 1. The zero-order valence-electron chi connectivity index (χ0n) is 12.5. The molecule has 22 heavy (non-hydrogen) atoms. The molecule has 0 unspecified atom stereocenters. The number of likely N-dealkylation sites (tertiary alicyclic amines) is 1. The molecule has 0 radical (unpaired) electrons. The van der Waals surface area contributed by atoms with Crippen LogP contribution in [0.25, 0.3) is 11.1 Å². The first-order valence-corrected chi connectivity index (χ1v) is 7.76. The third kappa shape index (κ3) is 3.09. The normalized spacial score (nSPS) is 14.5. The van der Waals surface area contributed by atoms with Crippen LogP contribution in [0.4, 0.5) is 0 Å². The summed E-state index contributed by atoms with van der Waals surface area (Å²) in [5.41, 5.74) is 3.11. The number of benzene rings is 2. The van der Waals surface area contributed by atoms with Crippen molar-refractivity contribution in [2.24, 2.45) is 0 Å². The van der Waals surface area contributed by atoms with E-state index in [-0.39, 0.29) is 5.91 Å². The number of hydrogen-bond donors (Lipinski definition) is 0. The van der Waals surface area contributed by atoms with Crippen LogP contribution < -0.4 is 4.74 Å². The standard InChI is InChI=1S/C18H18ClNO2/c1-22-17-8-7-13(12-20-9-3-6-18(20)21)10-16(17)14-4-2-5-15(19)11-14/h2,4-5,7-8,10-11H,3,6,9,12H2,1H3. The summed E-state index contributed by atoms with van der Waals surface area (Å²) in [5.74, 6) is 1.04. The van der Waals surface area contributed by atoms with Crippen molar-refractivity contribution in [3.05, 3.63) is 53.1 Å². The largest absolute Gasteiger partial charge is 0.496 e. The number of methoxy groups -OCH3 is 1. The minimum atomic E-state index is 0.236.